The van der Waals surface area contributed by atoms with Crippen molar-refractivity contribution in [3.8, 4) is 0 Å². The minimum atomic E-state index is -0.559. The molecule has 1 aliphatic rings. The predicted octanol–water partition coefficient (Wildman–Crippen LogP) is 1.66. The third kappa shape index (κ3) is 2.10. The molecule has 0 fully saturated rings. The van der Waals surface area contributed by atoms with Crippen molar-refractivity contribution in [1.29, 1.82) is 0 Å². The second-order valence-electron chi connectivity index (χ2n) is 5.10. The Labute approximate surface area is 110 Å². The Morgan fingerprint density at radius 3 is 3.00 bits per heavy atom. The highest BCUT2D eigenvalue weighted by molar-refractivity contribution is 5.41. The number of benzene rings is 1. The van der Waals surface area contributed by atoms with Crippen molar-refractivity contribution in [3.63, 3.8) is 0 Å². The van der Waals surface area contributed by atoms with Gasteiger partial charge in [0, 0.05) is 5.92 Å². The van der Waals surface area contributed by atoms with Crippen LogP contribution >= 0.6 is 0 Å². The van der Waals surface area contributed by atoms with Crippen molar-refractivity contribution >= 4 is 0 Å². The Morgan fingerprint density at radius 1 is 1.42 bits per heavy atom. The zero-order valence-corrected chi connectivity index (χ0v) is 10.8. The third-order valence-electron chi connectivity index (χ3n) is 3.95. The van der Waals surface area contributed by atoms with Crippen LogP contribution in [-0.4, -0.2) is 10.2 Å². The van der Waals surface area contributed by atoms with Crippen LogP contribution in [0.4, 0.5) is 0 Å². The largest absolute Gasteiger partial charge is 0.434 e. The van der Waals surface area contributed by atoms with E-state index in [1.165, 1.54) is 23.1 Å². The minimum absolute atomic E-state index is 0.0690. The van der Waals surface area contributed by atoms with Crippen molar-refractivity contribution in [2.45, 2.75) is 38.1 Å². The van der Waals surface area contributed by atoms with Gasteiger partial charge in [0.25, 0.3) is 0 Å². The first-order chi connectivity index (χ1) is 9.16. The molecule has 0 radical (unpaired) electrons. The van der Waals surface area contributed by atoms with Gasteiger partial charge in [-0.3, -0.25) is 0 Å². The lowest BCUT2D eigenvalue weighted by molar-refractivity contribution is 0.401. The van der Waals surface area contributed by atoms with E-state index in [1.54, 1.807) is 0 Å². The van der Waals surface area contributed by atoms with Crippen LogP contribution < -0.4 is 11.5 Å². The molecule has 3 rings (SSSR count). The summed E-state index contributed by atoms with van der Waals surface area (Å²) in [6.45, 7) is 2.05. The topological polar surface area (TPSA) is 84.9 Å². The summed E-state index contributed by atoms with van der Waals surface area (Å²) in [6, 6.07) is 5.95. The fourth-order valence-corrected chi connectivity index (χ4v) is 2.87. The first-order valence-electron chi connectivity index (χ1n) is 6.58. The van der Waals surface area contributed by atoms with E-state index in [1.807, 2.05) is 6.92 Å². The number of hydrogen-bond acceptors (Lipinski definition) is 4. The fourth-order valence-electron chi connectivity index (χ4n) is 2.87. The number of hydrogen-bond donors (Lipinski definition) is 2. The van der Waals surface area contributed by atoms with Crippen molar-refractivity contribution in [2.24, 2.45) is 5.73 Å². The summed E-state index contributed by atoms with van der Waals surface area (Å²) in [5.41, 5.74) is 10.2. The molecule has 2 atom stereocenters. The molecule has 0 aliphatic heterocycles. The summed E-state index contributed by atoms with van der Waals surface area (Å²) in [6.07, 6.45) is 3.45. The lowest BCUT2D eigenvalue weighted by Gasteiger charge is -2.20. The molecular weight excluding hydrogens is 242 g/mol. The molecule has 0 unspecified atom stereocenters. The first kappa shape index (κ1) is 12.2. The van der Waals surface area contributed by atoms with Crippen LogP contribution in [0.1, 0.15) is 47.9 Å². The number of aromatic nitrogens is 2. The predicted molar refractivity (Wildman–Crippen MR) is 70.9 cm³/mol. The molecule has 1 aromatic heterocycles. The van der Waals surface area contributed by atoms with Crippen LogP contribution in [0.15, 0.2) is 27.4 Å². The average molecular weight is 259 g/mol. The molecule has 5 nitrogen and oxygen atoms in total. The monoisotopic (exact) mass is 259 g/mol. The van der Waals surface area contributed by atoms with E-state index in [4.69, 9.17) is 10.2 Å². The van der Waals surface area contributed by atoms with Gasteiger partial charge in [0.05, 0.1) is 6.04 Å². The first-order valence-corrected chi connectivity index (χ1v) is 6.58. The van der Waals surface area contributed by atoms with E-state index in [0.29, 0.717) is 0 Å². The number of nitrogens with two attached hydrogens (primary N) is 1. The highest BCUT2D eigenvalue weighted by atomic mass is 16.4. The number of fused-ring (bicyclic) bond motifs is 1. The number of aromatic amines is 1. The molecule has 2 aromatic rings. The van der Waals surface area contributed by atoms with Gasteiger partial charge >= 0.3 is 5.76 Å². The van der Waals surface area contributed by atoms with Crippen LogP contribution in [-0.2, 0) is 12.8 Å². The Hall–Kier alpha value is -1.88. The molecule has 0 spiro atoms. The lowest BCUT2D eigenvalue weighted by atomic mass is 9.88. The molecule has 5 heteroatoms. The molecule has 1 aliphatic carbocycles. The molecule has 19 heavy (non-hydrogen) atoms. The summed E-state index contributed by atoms with van der Waals surface area (Å²) >= 11 is 0. The van der Waals surface area contributed by atoms with Crippen LogP contribution in [0, 0.1) is 0 Å². The Balaban J connectivity index is 1.94. The summed E-state index contributed by atoms with van der Waals surface area (Å²) < 4.78 is 4.96. The van der Waals surface area contributed by atoms with Crippen molar-refractivity contribution < 1.29 is 4.42 Å². The van der Waals surface area contributed by atoms with Crippen molar-refractivity contribution in [1.82, 2.24) is 10.2 Å². The van der Waals surface area contributed by atoms with Gasteiger partial charge in [-0.25, -0.2) is 9.89 Å². The summed E-state index contributed by atoms with van der Waals surface area (Å²) in [5.74, 6) is -0.219. The maximum Gasteiger partial charge on any atom is 0.434 e. The van der Waals surface area contributed by atoms with Gasteiger partial charge in [-0.2, -0.15) is 0 Å². The van der Waals surface area contributed by atoms with E-state index in [-0.39, 0.29) is 11.8 Å². The smallest absolute Gasteiger partial charge is 0.391 e. The van der Waals surface area contributed by atoms with Gasteiger partial charge in [-0.15, -0.1) is 5.10 Å². The van der Waals surface area contributed by atoms with Crippen LogP contribution in [0.3, 0.4) is 0 Å². The molecule has 1 heterocycles. The molecule has 100 valence electrons. The van der Waals surface area contributed by atoms with E-state index in [9.17, 15) is 4.79 Å². The van der Waals surface area contributed by atoms with E-state index < -0.39 is 11.8 Å². The Bertz CT molecular complexity index is 644. The summed E-state index contributed by atoms with van der Waals surface area (Å²) in [4.78, 5) is 11.0. The van der Waals surface area contributed by atoms with Gasteiger partial charge in [0.2, 0.25) is 5.89 Å². The maximum absolute atomic E-state index is 11.0. The standard InChI is InChI=1S/C14H17N3O2/c1-8(12(15)13-16-17-14(18)19-13)10-6-2-4-9-5-3-7-11(9)10/h2,4,6,8,12H,3,5,7,15H2,1H3,(H,17,18)/t8-,12+/m1/s1. The molecule has 0 bridgehead atoms. The van der Waals surface area contributed by atoms with Gasteiger partial charge in [-0.1, -0.05) is 25.1 Å². The number of nitrogens with zero attached hydrogens (tertiary/aromatic N) is 1. The minimum Gasteiger partial charge on any atom is -0.391 e. The van der Waals surface area contributed by atoms with E-state index in [0.717, 1.165) is 12.8 Å². The summed E-state index contributed by atoms with van der Waals surface area (Å²) in [5, 5.41) is 6.08. The molecule has 1 aromatic carbocycles. The van der Waals surface area contributed by atoms with Gasteiger partial charge in [0.1, 0.15) is 0 Å². The second-order valence-corrected chi connectivity index (χ2v) is 5.10. The normalized spacial score (nSPS) is 17.2. The van der Waals surface area contributed by atoms with Crippen LogP contribution in [0.2, 0.25) is 0 Å². The highest BCUT2D eigenvalue weighted by Crippen LogP contribution is 2.34. The quantitative estimate of drug-likeness (QED) is 0.877. The van der Waals surface area contributed by atoms with E-state index >= 15 is 0 Å². The van der Waals surface area contributed by atoms with E-state index in [2.05, 4.69) is 28.4 Å². The number of H-pyrrole nitrogens is 1. The Kier molecular flexibility index (Phi) is 2.98. The van der Waals surface area contributed by atoms with Crippen molar-refractivity contribution in [2.75, 3.05) is 0 Å². The maximum atomic E-state index is 11.0. The molecule has 0 saturated carbocycles. The third-order valence-corrected chi connectivity index (χ3v) is 3.95. The average Bonchev–Trinajstić information content (AvgIpc) is 3.04. The lowest BCUT2D eigenvalue weighted by Crippen LogP contribution is -2.19. The van der Waals surface area contributed by atoms with Crippen molar-refractivity contribution in [3.05, 3.63) is 51.3 Å². The molecular formula is C14H17N3O2. The fraction of sp³-hybridized carbons (Fsp3) is 0.429. The number of aryl methyl sites for hydroxylation is 1. The Morgan fingerprint density at radius 2 is 2.26 bits per heavy atom. The van der Waals surface area contributed by atoms with Gasteiger partial charge in [0.15, 0.2) is 0 Å². The number of rotatable bonds is 3. The molecule has 0 amide bonds. The van der Waals surface area contributed by atoms with Crippen LogP contribution in [0.5, 0.6) is 0 Å². The number of nitrogens with one attached hydrogen (secondary N) is 1. The SMILES string of the molecule is C[C@H](c1cccc2c1CCC2)[C@H](N)c1n[nH]c(=O)o1. The van der Waals surface area contributed by atoms with Gasteiger partial charge in [-0.05, 0) is 36.0 Å². The zero-order chi connectivity index (χ0) is 13.4. The second kappa shape index (κ2) is 4.66. The zero-order valence-electron chi connectivity index (χ0n) is 10.8. The van der Waals surface area contributed by atoms with Crippen LogP contribution in [0.25, 0.3) is 0 Å². The van der Waals surface area contributed by atoms with Gasteiger partial charge < -0.3 is 10.2 Å². The summed E-state index contributed by atoms with van der Waals surface area (Å²) in [7, 11) is 0. The molecule has 3 N–H and O–H groups in total. The highest BCUT2D eigenvalue weighted by Gasteiger charge is 2.25. The molecule has 0 saturated heterocycles.